The molecule has 1 aromatic carbocycles. The summed E-state index contributed by atoms with van der Waals surface area (Å²) in [5.74, 6) is 1.26. The minimum absolute atomic E-state index is 0.528. The maximum atomic E-state index is 5.80. The second kappa shape index (κ2) is 9.97. The topological polar surface area (TPSA) is 21.3 Å². The quantitative estimate of drug-likeness (QED) is 0.640. The first-order valence-electron chi connectivity index (χ1n) is 8.36. The predicted octanol–water partition coefficient (Wildman–Crippen LogP) is 4.53. The van der Waals surface area contributed by atoms with Gasteiger partial charge in [0, 0.05) is 25.8 Å². The van der Waals surface area contributed by atoms with Crippen LogP contribution in [0, 0.1) is 12.8 Å². The van der Waals surface area contributed by atoms with Crippen molar-refractivity contribution in [3.8, 4) is 0 Å². The zero-order valence-corrected chi connectivity index (χ0v) is 14.5. The number of nitrogens with one attached hydrogen (secondary N) is 1. The van der Waals surface area contributed by atoms with Gasteiger partial charge in [0.2, 0.25) is 0 Å². The highest BCUT2D eigenvalue weighted by Gasteiger charge is 2.12. The Balaban J connectivity index is 2.46. The maximum absolute atomic E-state index is 5.80. The summed E-state index contributed by atoms with van der Waals surface area (Å²) in [5.41, 5.74) is 2.74. The molecule has 0 radical (unpaired) electrons. The fourth-order valence-corrected chi connectivity index (χ4v) is 2.25. The van der Waals surface area contributed by atoms with Gasteiger partial charge in [-0.15, -0.1) is 0 Å². The largest absolute Gasteiger partial charge is 0.381 e. The summed E-state index contributed by atoms with van der Waals surface area (Å²) in [5, 5.41) is 3.56. The van der Waals surface area contributed by atoms with Crippen LogP contribution < -0.4 is 5.32 Å². The molecular formula is C19H33NO. The van der Waals surface area contributed by atoms with E-state index in [1.54, 1.807) is 0 Å². The van der Waals surface area contributed by atoms with Gasteiger partial charge < -0.3 is 10.1 Å². The first-order chi connectivity index (χ1) is 9.99. The van der Waals surface area contributed by atoms with Gasteiger partial charge in [0.1, 0.15) is 0 Å². The molecule has 0 bridgehead atoms. The molecule has 0 fully saturated rings. The van der Waals surface area contributed by atoms with E-state index in [2.05, 4.69) is 64.2 Å². The van der Waals surface area contributed by atoms with Gasteiger partial charge in [-0.1, -0.05) is 57.5 Å². The summed E-state index contributed by atoms with van der Waals surface area (Å²) >= 11 is 0. The van der Waals surface area contributed by atoms with Crippen molar-refractivity contribution < 1.29 is 4.74 Å². The van der Waals surface area contributed by atoms with Gasteiger partial charge in [-0.3, -0.25) is 0 Å². The summed E-state index contributed by atoms with van der Waals surface area (Å²) < 4.78 is 5.80. The molecule has 1 unspecified atom stereocenters. The fraction of sp³-hybridized carbons (Fsp3) is 0.684. The normalized spacial score (nSPS) is 13.1. The molecule has 2 heteroatoms. The second-order valence-corrected chi connectivity index (χ2v) is 6.75. The number of hydrogen-bond donors (Lipinski definition) is 1. The first-order valence-corrected chi connectivity index (χ1v) is 8.36. The molecule has 0 amide bonds. The highest BCUT2D eigenvalue weighted by molar-refractivity contribution is 5.24. The van der Waals surface area contributed by atoms with E-state index in [9.17, 15) is 0 Å². The average Bonchev–Trinajstić information content (AvgIpc) is 2.42. The summed E-state index contributed by atoms with van der Waals surface area (Å²) in [7, 11) is 0. The number of rotatable bonds is 10. The lowest BCUT2D eigenvalue weighted by molar-refractivity contribution is 0.116. The van der Waals surface area contributed by atoms with Crippen molar-refractivity contribution in [3.05, 3.63) is 35.4 Å². The lowest BCUT2D eigenvalue weighted by atomic mass is 9.95. The molecule has 0 heterocycles. The van der Waals surface area contributed by atoms with Crippen LogP contribution in [0.2, 0.25) is 0 Å². The Labute approximate surface area is 131 Å². The van der Waals surface area contributed by atoms with Gasteiger partial charge in [0.15, 0.2) is 0 Å². The van der Waals surface area contributed by atoms with E-state index in [1.807, 2.05) is 0 Å². The standard InChI is InChI=1S/C19H33NO/c1-15(2)10-12-21-13-11-19(14-20-16(3)4)18-8-6-17(5)7-9-18/h6-9,15-16,19-20H,10-14H2,1-5H3. The Morgan fingerprint density at radius 1 is 0.952 bits per heavy atom. The third-order valence-electron chi connectivity index (χ3n) is 3.77. The Kier molecular flexibility index (Phi) is 8.63. The van der Waals surface area contributed by atoms with Gasteiger partial charge in [0.25, 0.3) is 0 Å². The van der Waals surface area contributed by atoms with Crippen molar-refractivity contribution in [2.24, 2.45) is 5.92 Å². The predicted molar refractivity (Wildman–Crippen MR) is 91.9 cm³/mol. The van der Waals surface area contributed by atoms with Gasteiger partial charge >= 0.3 is 0 Å². The molecule has 1 atom stereocenters. The summed E-state index contributed by atoms with van der Waals surface area (Å²) in [6.07, 6.45) is 2.24. The monoisotopic (exact) mass is 291 g/mol. The highest BCUT2D eigenvalue weighted by atomic mass is 16.5. The van der Waals surface area contributed by atoms with Crippen molar-refractivity contribution >= 4 is 0 Å². The van der Waals surface area contributed by atoms with Crippen LogP contribution in [0.1, 0.15) is 57.6 Å². The van der Waals surface area contributed by atoms with Gasteiger partial charge in [-0.05, 0) is 37.2 Å². The second-order valence-electron chi connectivity index (χ2n) is 6.75. The van der Waals surface area contributed by atoms with E-state index in [4.69, 9.17) is 4.74 Å². The van der Waals surface area contributed by atoms with Crippen molar-refractivity contribution in [1.29, 1.82) is 0 Å². The molecule has 0 aliphatic carbocycles. The molecule has 1 N–H and O–H groups in total. The van der Waals surface area contributed by atoms with Crippen LogP contribution in [0.15, 0.2) is 24.3 Å². The molecule has 1 rings (SSSR count). The molecule has 0 aromatic heterocycles. The first kappa shape index (κ1) is 18.2. The highest BCUT2D eigenvalue weighted by Crippen LogP contribution is 2.20. The summed E-state index contributed by atoms with van der Waals surface area (Å²) in [6.45, 7) is 13.8. The van der Waals surface area contributed by atoms with Gasteiger partial charge in [0.05, 0.1) is 0 Å². The SMILES string of the molecule is Cc1ccc(C(CCOCCC(C)C)CNC(C)C)cc1. The third kappa shape index (κ3) is 8.23. The smallest absolute Gasteiger partial charge is 0.0472 e. The minimum Gasteiger partial charge on any atom is -0.381 e. The fourth-order valence-electron chi connectivity index (χ4n) is 2.25. The van der Waals surface area contributed by atoms with E-state index < -0.39 is 0 Å². The van der Waals surface area contributed by atoms with Crippen molar-refractivity contribution in [2.45, 2.75) is 59.4 Å². The van der Waals surface area contributed by atoms with Crippen LogP contribution in [0.25, 0.3) is 0 Å². The van der Waals surface area contributed by atoms with Crippen LogP contribution in [0.3, 0.4) is 0 Å². The van der Waals surface area contributed by atoms with E-state index in [0.29, 0.717) is 12.0 Å². The van der Waals surface area contributed by atoms with Crippen LogP contribution in [0.4, 0.5) is 0 Å². The zero-order chi connectivity index (χ0) is 15.7. The molecule has 0 saturated heterocycles. The Bertz CT molecular complexity index is 370. The number of benzene rings is 1. The molecule has 120 valence electrons. The summed E-state index contributed by atoms with van der Waals surface area (Å²) in [4.78, 5) is 0. The Morgan fingerprint density at radius 2 is 1.57 bits per heavy atom. The zero-order valence-electron chi connectivity index (χ0n) is 14.5. The third-order valence-corrected chi connectivity index (χ3v) is 3.77. The maximum Gasteiger partial charge on any atom is 0.0472 e. The number of aryl methyl sites for hydroxylation is 1. The van der Waals surface area contributed by atoms with E-state index >= 15 is 0 Å². The minimum atomic E-state index is 0.528. The van der Waals surface area contributed by atoms with E-state index in [0.717, 1.165) is 38.5 Å². The summed E-state index contributed by atoms with van der Waals surface area (Å²) in [6, 6.07) is 9.46. The lowest BCUT2D eigenvalue weighted by Gasteiger charge is -2.20. The lowest BCUT2D eigenvalue weighted by Crippen LogP contribution is -2.28. The van der Waals surface area contributed by atoms with Gasteiger partial charge in [-0.25, -0.2) is 0 Å². The van der Waals surface area contributed by atoms with E-state index in [-0.39, 0.29) is 0 Å². The molecule has 2 nitrogen and oxygen atoms in total. The molecule has 0 aliphatic rings. The van der Waals surface area contributed by atoms with Crippen LogP contribution in [0.5, 0.6) is 0 Å². The molecular weight excluding hydrogens is 258 g/mol. The molecule has 0 aliphatic heterocycles. The molecule has 1 aromatic rings. The molecule has 0 spiro atoms. The number of ether oxygens (including phenoxy) is 1. The Hall–Kier alpha value is -0.860. The van der Waals surface area contributed by atoms with E-state index in [1.165, 1.54) is 11.1 Å². The van der Waals surface area contributed by atoms with Crippen molar-refractivity contribution in [2.75, 3.05) is 19.8 Å². The van der Waals surface area contributed by atoms with Crippen molar-refractivity contribution in [1.82, 2.24) is 5.32 Å². The molecule has 21 heavy (non-hydrogen) atoms. The van der Waals surface area contributed by atoms with Crippen molar-refractivity contribution in [3.63, 3.8) is 0 Å². The van der Waals surface area contributed by atoms with Crippen LogP contribution in [-0.2, 0) is 4.74 Å². The van der Waals surface area contributed by atoms with Crippen LogP contribution >= 0.6 is 0 Å². The molecule has 0 saturated carbocycles. The number of hydrogen-bond acceptors (Lipinski definition) is 2. The van der Waals surface area contributed by atoms with Crippen LogP contribution in [-0.4, -0.2) is 25.8 Å². The average molecular weight is 291 g/mol. The Morgan fingerprint density at radius 3 is 2.14 bits per heavy atom. The van der Waals surface area contributed by atoms with Gasteiger partial charge in [-0.2, -0.15) is 0 Å².